The molecule has 174 valence electrons. The lowest BCUT2D eigenvalue weighted by Gasteiger charge is -2.28. The largest absolute Gasteiger partial charge is 0.423 e. The number of rotatable bonds is 10. The van der Waals surface area contributed by atoms with Gasteiger partial charge in [0.1, 0.15) is 5.75 Å². The van der Waals surface area contributed by atoms with Gasteiger partial charge in [-0.3, -0.25) is 0 Å². The van der Waals surface area contributed by atoms with Crippen LogP contribution < -0.4 is 4.74 Å². The van der Waals surface area contributed by atoms with E-state index in [4.69, 9.17) is 4.74 Å². The predicted molar refractivity (Wildman–Crippen MR) is 125 cm³/mol. The van der Waals surface area contributed by atoms with Gasteiger partial charge in [0.15, 0.2) is 11.6 Å². The van der Waals surface area contributed by atoms with Crippen molar-refractivity contribution in [3.63, 3.8) is 0 Å². The fraction of sp³-hybridized carbons (Fsp3) is 0.536. The van der Waals surface area contributed by atoms with Crippen LogP contribution >= 0.6 is 0 Å². The molecule has 0 unspecified atom stereocenters. The lowest BCUT2D eigenvalue weighted by Crippen LogP contribution is -2.16. The highest BCUT2D eigenvalue weighted by Crippen LogP contribution is 2.34. The first-order valence-electron chi connectivity index (χ1n) is 12.3. The smallest absolute Gasteiger partial charge is 0.346 e. The molecule has 0 atom stereocenters. The number of hydrogen-bond acceptors (Lipinski definition) is 2. The summed E-state index contributed by atoms with van der Waals surface area (Å²) in [5.41, 5.74) is 1.09. The Bertz CT molecular complexity index is 868. The fourth-order valence-corrected chi connectivity index (χ4v) is 4.75. The summed E-state index contributed by atoms with van der Waals surface area (Å²) in [7, 11) is 0. The third-order valence-electron chi connectivity index (χ3n) is 6.93. The van der Waals surface area contributed by atoms with Crippen LogP contribution in [0, 0.1) is 23.5 Å². The summed E-state index contributed by atoms with van der Waals surface area (Å²) in [4.78, 5) is 12.4. The monoisotopic (exact) mass is 442 g/mol. The van der Waals surface area contributed by atoms with Crippen molar-refractivity contribution in [2.45, 2.75) is 84.5 Å². The second-order valence-corrected chi connectivity index (χ2v) is 9.21. The van der Waals surface area contributed by atoms with E-state index in [-0.39, 0.29) is 5.56 Å². The molecule has 0 bridgehead atoms. The van der Waals surface area contributed by atoms with Crippen LogP contribution in [0.15, 0.2) is 36.4 Å². The molecular formula is C28H36F2O2. The lowest BCUT2D eigenvalue weighted by molar-refractivity contribution is 0.0728. The fourth-order valence-electron chi connectivity index (χ4n) is 4.75. The molecule has 1 saturated carbocycles. The summed E-state index contributed by atoms with van der Waals surface area (Å²) < 4.78 is 34.5. The minimum atomic E-state index is -1.11. The number of aryl methyl sites for hydroxylation is 2. The molecular weight excluding hydrogens is 406 g/mol. The van der Waals surface area contributed by atoms with Gasteiger partial charge in [-0.15, -0.1) is 0 Å². The molecule has 0 saturated heterocycles. The van der Waals surface area contributed by atoms with E-state index in [0.29, 0.717) is 23.7 Å². The van der Waals surface area contributed by atoms with Crippen molar-refractivity contribution in [2.24, 2.45) is 11.8 Å². The minimum Gasteiger partial charge on any atom is -0.423 e. The van der Waals surface area contributed by atoms with Crippen molar-refractivity contribution >= 4 is 5.97 Å². The Labute approximate surface area is 191 Å². The Kier molecular flexibility index (Phi) is 9.25. The SMILES string of the molecule is CCCCCC1CCC(CCc2ccc(C(=O)Oc3ccc(CC)cc3)c(F)c2F)CC1. The molecule has 1 aliphatic carbocycles. The summed E-state index contributed by atoms with van der Waals surface area (Å²) in [6.07, 6.45) is 12.4. The molecule has 0 spiro atoms. The van der Waals surface area contributed by atoms with Crippen molar-refractivity contribution in [2.75, 3.05) is 0 Å². The van der Waals surface area contributed by atoms with Gasteiger partial charge in [-0.1, -0.05) is 83.4 Å². The van der Waals surface area contributed by atoms with E-state index < -0.39 is 17.6 Å². The highest BCUT2D eigenvalue weighted by atomic mass is 19.2. The Morgan fingerprint density at radius 3 is 2.16 bits per heavy atom. The zero-order valence-electron chi connectivity index (χ0n) is 19.5. The molecule has 3 rings (SSSR count). The molecule has 2 aromatic rings. The van der Waals surface area contributed by atoms with Crippen LogP contribution in [0.4, 0.5) is 8.78 Å². The van der Waals surface area contributed by atoms with Crippen LogP contribution in [0.3, 0.4) is 0 Å². The van der Waals surface area contributed by atoms with Gasteiger partial charge in [-0.2, -0.15) is 0 Å². The van der Waals surface area contributed by atoms with E-state index in [0.717, 1.165) is 24.3 Å². The zero-order valence-corrected chi connectivity index (χ0v) is 19.5. The molecule has 1 aliphatic rings. The molecule has 4 heteroatoms. The summed E-state index contributed by atoms with van der Waals surface area (Å²) in [5, 5.41) is 0. The Morgan fingerprint density at radius 1 is 0.875 bits per heavy atom. The van der Waals surface area contributed by atoms with Gasteiger partial charge in [0.05, 0.1) is 5.56 Å². The quantitative estimate of drug-likeness (QED) is 0.211. The van der Waals surface area contributed by atoms with Gasteiger partial charge in [0, 0.05) is 0 Å². The topological polar surface area (TPSA) is 26.3 Å². The second-order valence-electron chi connectivity index (χ2n) is 9.21. The molecule has 0 amide bonds. The van der Waals surface area contributed by atoms with Crippen LogP contribution in [0.1, 0.15) is 93.1 Å². The van der Waals surface area contributed by atoms with Crippen molar-refractivity contribution in [3.05, 3.63) is 64.7 Å². The van der Waals surface area contributed by atoms with Crippen LogP contribution in [0.5, 0.6) is 5.75 Å². The van der Waals surface area contributed by atoms with Gasteiger partial charge < -0.3 is 4.74 Å². The number of carbonyl (C=O) groups excluding carboxylic acids is 1. The maximum absolute atomic E-state index is 14.7. The number of hydrogen-bond donors (Lipinski definition) is 0. The standard InChI is InChI=1S/C28H36F2O2/c1-3-5-6-7-21-8-10-22(11-9-21)12-15-23-16-19-25(27(30)26(23)29)28(31)32-24-17-13-20(4-2)14-18-24/h13-14,16-19,21-22H,3-12,15H2,1-2H3. The number of halogens is 2. The van der Waals surface area contributed by atoms with E-state index >= 15 is 0 Å². The second kappa shape index (κ2) is 12.1. The average molecular weight is 443 g/mol. The summed E-state index contributed by atoms with van der Waals surface area (Å²) in [5.74, 6) is -1.17. The molecule has 32 heavy (non-hydrogen) atoms. The Morgan fingerprint density at radius 2 is 1.53 bits per heavy atom. The molecule has 0 aliphatic heterocycles. The zero-order chi connectivity index (χ0) is 22.9. The van der Waals surface area contributed by atoms with Gasteiger partial charge >= 0.3 is 5.97 Å². The first-order valence-corrected chi connectivity index (χ1v) is 12.3. The van der Waals surface area contributed by atoms with E-state index in [9.17, 15) is 13.6 Å². The lowest BCUT2D eigenvalue weighted by atomic mass is 9.77. The predicted octanol–water partition coefficient (Wildman–Crippen LogP) is 8.07. The Balaban J connectivity index is 1.52. The number of benzene rings is 2. The Hall–Kier alpha value is -2.23. The average Bonchev–Trinajstić information content (AvgIpc) is 2.81. The van der Waals surface area contributed by atoms with Crippen LogP contribution in [-0.2, 0) is 12.8 Å². The first-order chi connectivity index (χ1) is 15.5. The van der Waals surface area contributed by atoms with E-state index in [2.05, 4.69) is 6.92 Å². The number of ether oxygens (including phenoxy) is 1. The van der Waals surface area contributed by atoms with Gasteiger partial charge in [-0.05, 0) is 60.4 Å². The number of esters is 1. The molecule has 1 fully saturated rings. The first kappa shape index (κ1) is 24.4. The normalized spacial score (nSPS) is 18.5. The van der Waals surface area contributed by atoms with Crippen molar-refractivity contribution in [3.8, 4) is 5.75 Å². The summed E-state index contributed by atoms with van der Waals surface area (Å²) >= 11 is 0. The number of unbranched alkanes of at least 4 members (excludes halogenated alkanes) is 2. The third kappa shape index (κ3) is 6.63. The van der Waals surface area contributed by atoms with Gasteiger partial charge in [0.25, 0.3) is 0 Å². The molecule has 0 aromatic heterocycles. The molecule has 0 radical (unpaired) electrons. The molecule has 2 nitrogen and oxygen atoms in total. The van der Waals surface area contributed by atoms with Crippen molar-refractivity contribution in [1.82, 2.24) is 0 Å². The molecule has 0 N–H and O–H groups in total. The number of carbonyl (C=O) groups is 1. The van der Waals surface area contributed by atoms with E-state index in [1.165, 1.54) is 63.5 Å². The highest BCUT2D eigenvalue weighted by Gasteiger charge is 2.23. The van der Waals surface area contributed by atoms with E-state index in [1.54, 1.807) is 12.1 Å². The minimum absolute atomic E-state index is 0.321. The maximum atomic E-state index is 14.7. The van der Waals surface area contributed by atoms with Crippen molar-refractivity contribution < 1.29 is 18.3 Å². The molecule has 0 heterocycles. The summed E-state index contributed by atoms with van der Waals surface area (Å²) in [6, 6.07) is 9.91. The van der Waals surface area contributed by atoms with Crippen LogP contribution in [0.2, 0.25) is 0 Å². The molecule has 2 aromatic carbocycles. The van der Waals surface area contributed by atoms with Crippen LogP contribution in [0.25, 0.3) is 0 Å². The van der Waals surface area contributed by atoms with E-state index in [1.807, 2.05) is 19.1 Å². The summed E-state index contributed by atoms with van der Waals surface area (Å²) in [6.45, 7) is 4.26. The third-order valence-corrected chi connectivity index (χ3v) is 6.93. The van der Waals surface area contributed by atoms with Crippen LogP contribution in [-0.4, -0.2) is 5.97 Å². The highest BCUT2D eigenvalue weighted by molar-refractivity contribution is 5.91. The van der Waals surface area contributed by atoms with Gasteiger partial charge in [0.2, 0.25) is 0 Å². The van der Waals surface area contributed by atoms with Crippen molar-refractivity contribution in [1.29, 1.82) is 0 Å². The van der Waals surface area contributed by atoms with Gasteiger partial charge in [-0.25, -0.2) is 13.6 Å². The maximum Gasteiger partial charge on any atom is 0.346 e.